The number of anilines is 1. The van der Waals surface area contributed by atoms with E-state index in [0.717, 1.165) is 19.2 Å². The number of hydrogen-bond donors (Lipinski definition) is 1. The van der Waals surface area contributed by atoms with Gasteiger partial charge in [0.25, 0.3) is 10.0 Å². The van der Waals surface area contributed by atoms with Crippen molar-refractivity contribution in [3.05, 3.63) is 41.7 Å². The number of rotatable bonds is 7. The molecule has 0 spiro atoms. The average Bonchev–Trinajstić information content (AvgIpc) is 2.66. The minimum absolute atomic E-state index is 0.0657. The second-order valence-electron chi connectivity index (χ2n) is 5.15. The van der Waals surface area contributed by atoms with Crippen LogP contribution in [0.25, 0.3) is 0 Å². The van der Waals surface area contributed by atoms with E-state index in [1.54, 1.807) is 0 Å². The van der Waals surface area contributed by atoms with Gasteiger partial charge in [-0.15, -0.1) is 0 Å². The molecule has 0 saturated carbocycles. The Kier molecular flexibility index (Phi) is 6.11. The van der Waals surface area contributed by atoms with Gasteiger partial charge in [0, 0.05) is 12.1 Å². The first-order valence-electron chi connectivity index (χ1n) is 7.48. The summed E-state index contributed by atoms with van der Waals surface area (Å²) in [6.07, 6.45) is 0. The molecule has 0 aliphatic heterocycles. The molecule has 10 heteroatoms. The molecule has 0 fully saturated rings. The normalized spacial score (nSPS) is 10.9. The molecule has 0 radical (unpaired) electrons. The van der Waals surface area contributed by atoms with Crippen LogP contribution in [-0.2, 0) is 14.8 Å². The largest absolute Gasteiger partial charge is 0.495 e. The number of carbonyl (C=O) groups excluding carboxylic acids is 1. The van der Waals surface area contributed by atoms with Crippen LogP contribution in [0, 0.1) is 5.82 Å². The van der Waals surface area contributed by atoms with E-state index in [1.807, 2.05) is 0 Å². The maximum atomic E-state index is 13.6. The summed E-state index contributed by atoms with van der Waals surface area (Å²) in [6, 6.07) is 5.58. The fourth-order valence-corrected chi connectivity index (χ4v) is 3.55. The summed E-state index contributed by atoms with van der Waals surface area (Å²) in [5.41, 5.74) is -0.250. The molecule has 0 unspecified atom stereocenters. The standard InChI is InChI=1S/C17H18FNO7S/c1-23-13-6-5-10(18)7-16(13)27(21,22)19-12-9-15(25-3)14(24-2)8-11(12)17(20)26-4/h5-9,19H,1-4H3. The van der Waals surface area contributed by atoms with Crippen molar-refractivity contribution in [2.24, 2.45) is 0 Å². The van der Waals surface area contributed by atoms with Gasteiger partial charge in [-0.05, 0) is 18.2 Å². The van der Waals surface area contributed by atoms with E-state index in [-0.39, 0.29) is 28.5 Å². The molecule has 0 aromatic heterocycles. The molecule has 8 nitrogen and oxygen atoms in total. The lowest BCUT2D eigenvalue weighted by molar-refractivity contribution is 0.0601. The number of nitrogens with one attached hydrogen (secondary N) is 1. The number of methoxy groups -OCH3 is 4. The van der Waals surface area contributed by atoms with Crippen LogP contribution in [0.2, 0.25) is 0 Å². The number of halogens is 1. The Bertz CT molecular complexity index is 960. The average molecular weight is 399 g/mol. The Morgan fingerprint density at radius 1 is 0.926 bits per heavy atom. The van der Waals surface area contributed by atoms with E-state index in [2.05, 4.69) is 9.46 Å². The fourth-order valence-electron chi connectivity index (χ4n) is 2.30. The zero-order chi connectivity index (χ0) is 20.2. The van der Waals surface area contributed by atoms with Crippen molar-refractivity contribution in [3.8, 4) is 17.2 Å². The van der Waals surface area contributed by atoms with Gasteiger partial charge in [0.2, 0.25) is 0 Å². The fraction of sp³-hybridized carbons (Fsp3) is 0.235. The molecule has 0 atom stereocenters. The molecule has 146 valence electrons. The van der Waals surface area contributed by atoms with Crippen molar-refractivity contribution in [1.29, 1.82) is 0 Å². The van der Waals surface area contributed by atoms with E-state index in [9.17, 15) is 17.6 Å². The summed E-state index contributed by atoms with van der Waals surface area (Å²) < 4.78 is 61.3. The minimum atomic E-state index is -4.31. The Labute approximate surface area is 155 Å². The van der Waals surface area contributed by atoms with Crippen LogP contribution < -0.4 is 18.9 Å². The van der Waals surface area contributed by atoms with E-state index in [1.165, 1.54) is 39.5 Å². The first kappa shape index (κ1) is 20.3. The Balaban J connectivity index is 2.61. The molecular formula is C17H18FNO7S. The predicted octanol–water partition coefficient (Wildman–Crippen LogP) is 2.44. The van der Waals surface area contributed by atoms with E-state index < -0.39 is 26.7 Å². The summed E-state index contributed by atoms with van der Waals surface area (Å²) in [5, 5.41) is 0. The second kappa shape index (κ2) is 8.12. The molecule has 0 amide bonds. The molecular weight excluding hydrogens is 381 g/mol. The number of carbonyl (C=O) groups is 1. The Morgan fingerprint density at radius 3 is 2.07 bits per heavy atom. The summed E-state index contributed by atoms with van der Waals surface area (Å²) in [6.45, 7) is 0. The lowest BCUT2D eigenvalue weighted by Crippen LogP contribution is -2.17. The van der Waals surface area contributed by atoms with Crippen molar-refractivity contribution in [2.75, 3.05) is 33.2 Å². The van der Waals surface area contributed by atoms with Crippen molar-refractivity contribution in [1.82, 2.24) is 0 Å². The maximum Gasteiger partial charge on any atom is 0.340 e. The van der Waals surface area contributed by atoms with Crippen LogP contribution in [0.3, 0.4) is 0 Å². The summed E-state index contributed by atoms with van der Waals surface area (Å²) in [5.74, 6) is -1.27. The van der Waals surface area contributed by atoms with Crippen LogP contribution >= 0.6 is 0 Å². The molecule has 2 aromatic carbocycles. The number of benzene rings is 2. The third-order valence-electron chi connectivity index (χ3n) is 3.59. The minimum Gasteiger partial charge on any atom is -0.495 e. The number of hydrogen-bond acceptors (Lipinski definition) is 7. The third kappa shape index (κ3) is 4.22. The zero-order valence-electron chi connectivity index (χ0n) is 15.0. The van der Waals surface area contributed by atoms with Crippen LogP contribution in [0.15, 0.2) is 35.2 Å². The van der Waals surface area contributed by atoms with Crippen LogP contribution in [0.5, 0.6) is 17.2 Å². The molecule has 2 rings (SSSR count). The second-order valence-corrected chi connectivity index (χ2v) is 6.80. The predicted molar refractivity (Wildman–Crippen MR) is 94.6 cm³/mol. The molecule has 0 aliphatic rings. The highest BCUT2D eigenvalue weighted by molar-refractivity contribution is 7.92. The van der Waals surface area contributed by atoms with Crippen molar-refractivity contribution < 1.29 is 36.6 Å². The monoisotopic (exact) mass is 399 g/mol. The molecule has 1 N–H and O–H groups in total. The van der Waals surface area contributed by atoms with Gasteiger partial charge < -0.3 is 18.9 Å². The van der Waals surface area contributed by atoms with Crippen LogP contribution in [0.4, 0.5) is 10.1 Å². The zero-order valence-corrected chi connectivity index (χ0v) is 15.8. The van der Waals surface area contributed by atoms with Crippen LogP contribution in [-0.4, -0.2) is 42.8 Å². The van der Waals surface area contributed by atoms with Crippen molar-refractivity contribution in [2.45, 2.75) is 4.90 Å². The van der Waals surface area contributed by atoms with E-state index >= 15 is 0 Å². The lowest BCUT2D eigenvalue weighted by atomic mass is 10.1. The highest BCUT2D eigenvalue weighted by Gasteiger charge is 2.25. The third-order valence-corrected chi connectivity index (χ3v) is 4.98. The number of ether oxygens (including phenoxy) is 4. The number of esters is 1. The summed E-state index contributed by atoms with van der Waals surface area (Å²) >= 11 is 0. The molecule has 0 bridgehead atoms. The molecule has 27 heavy (non-hydrogen) atoms. The highest BCUT2D eigenvalue weighted by Crippen LogP contribution is 2.35. The van der Waals surface area contributed by atoms with E-state index in [4.69, 9.17) is 14.2 Å². The molecule has 2 aromatic rings. The maximum absolute atomic E-state index is 13.6. The first-order chi connectivity index (χ1) is 12.8. The van der Waals surface area contributed by atoms with Gasteiger partial charge in [-0.3, -0.25) is 4.72 Å². The van der Waals surface area contributed by atoms with Gasteiger partial charge in [-0.25, -0.2) is 17.6 Å². The SMILES string of the molecule is COC(=O)c1cc(OC)c(OC)cc1NS(=O)(=O)c1cc(F)ccc1OC. The van der Waals surface area contributed by atoms with Gasteiger partial charge in [0.1, 0.15) is 16.5 Å². The summed E-state index contributed by atoms with van der Waals surface area (Å²) in [7, 11) is 0.804. The Morgan fingerprint density at radius 2 is 1.52 bits per heavy atom. The summed E-state index contributed by atoms with van der Waals surface area (Å²) in [4.78, 5) is 11.6. The van der Waals surface area contributed by atoms with Crippen LogP contribution in [0.1, 0.15) is 10.4 Å². The quantitative estimate of drug-likeness (QED) is 0.714. The highest BCUT2D eigenvalue weighted by atomic mass is 32.2. The van der Waals surface area contributed by atoms with Gasteiger partial charge in [-0.2, -0.15) is 0 Å². The lowest BCUT2D eigenvalue weighted by Gasteiger charge is -2.16. The first-order valence-corrected chi connectivity index (χ1v) is 8.96. The van der Waals surface area contributed by atoms with Gasteiger partial charge in [0.05, 0.1) is 39.7 Å². The van der Waals surface area contributed by atoms with Gasteiger partial charge in [0.15, 0.2) is 11.5 Å². The van der Waals surface area contributed by atoms with Gasteiger partial charge in [-0.1, -0.05) is 0 Å². The van der Waals surface area contributed by atoms with Crippen molar-refractivity contribution >= 4 is 21.7 Å². The smallest absolute Gasteiger partial charge is 0.340 e. The number of sulfonamides is 1. The molecule has 0 saturated heterocycles. The topological polar surface area (TPSA) is 100 Å². The van der Waals surface area contributed by atoms with Gasteiger partial charge >= 0.3 is 5.97 Å². The molecule has 0 heterocycles. The van der Waals surface area contributed by atoms with Crippen molar-refractivity contribution in [3.63, 3.8) is 0 Å². The molecule has 0 aliphatic carbocycles. The van der Waals surface area contributed by atoms with E-state index in [0.29, 0.717) is 0 Å². The Hall–Kier alpha value is -3.01.